The minimum absolute atomic E-state index is 0.590. The van der Waals surface area contributed by atoms with Gasteiger partial charge in [-0.05, 0) is 69.9 Å². The fourth-order valence-electron chi connectivity index (χ4n) is 5.77. The molecule has 0 spiro atoms. The van der Waals surface area contributed by atoms with Gasteiger partial charge in [-0.2, -0.15) is 0 Å². The Bertz CT molecular complexity index is 1830. The van der Waals surface area contributed by atoms with Gasteiger partial charge in [-0.25, -0.2) is 0 Å². The van der Waals surface area contributed by atoms with Gasteiger partial charge in [-0.3, -0.25) is 0 Å². The molecule has 0 aliphatic carbocycles. The van der Waals surface area contributed by atoms with Crippen LogP contribution in [-0.4, -0.2) is 0 Å². The standard InChI is InChI=1S/C46H36P2/c1-5-13-41(14-6-1)47(42-15-7-2-8-16-42)45-33-29-39(30-34-45)27-25-37-21-23-38(24-22-37)26-28-40-31-35-46(36-32-40)48(43-17-9-3-10-18-43)44-19-11-4-12-20-44/h1-36H/b27-25-,28-26-. The molecule has 0 N–H and O–H groups in total. The molecule has 230 valence electrons. The monoisotopic (exact) mass is 650 g/mol. The van der Waals surface area contributed by atoms with Crippen LogP contribution < -0.4 is 31.8 Å². The molecular formula is C46H36P2. The van der Waals surface area contributed by atoms with Crippen molar-refractivity contribution in [3.05, 3.63) is 216 Å². The summed E-state index contributed by atoms with van der Waals surface area (Å²) in [5.41, 5.74) is 4.77. The quantitative estimate of drug-likeness (QED) is 0.102. The Morgan fingerprint density at radius 1 is 0.208 bits per heavy atom. The molecule has 0 fully saturated rings. The first-order chi connectivity index (χ1) is 23.8. The third kappa shape index (κ3) is 7.87. The third-order valence-corrected chi connectivity index (χ3v) is 13.1. The first-order valence-electron chi connectivity index (χ1n) is 16.3. The summed E-state index contributed by atoms with van der Waals surface area (Å²) >= 11 is 0. The molecule has 7 aromatic carbocycles. The molecule has 0 saturated carbocycles. The Kier molecular flexibility index (Phi) is 10.3. The second-order valence-corrected chi connectivity index (χ2v) is 16.0. The van der Waals surface area contributed by atoms with Gasteiger partial charge < -0.3 is 0 Å². The highest BCUT2D eigenvalue weighted by molar-refractivity contribution is 7.80. The highest BCUT2D eigenvalue weighted by atomic mass is 31.1. The van der Waals surface area contributed by atoms with E-state index >= 15 is 0 Å². The fourth-order valence-corrected chi connectivity index (χ4v) is 10.3. The SMILES string of the molecule is C(=C/c1ccc(P(c2ccccc2)c2ccccc2)cc1)/c1ccc(/C=C\c2ccc(P(c3ccccc3)c3ccccc3)cc2)cc1. The Morgan fingerprint density at radius 3 is 0.625 bits per heavy atom. The van der Waals surface area contributed by atoms with Crippen LogP contribution in [0.25, 0.3) is 24.3 Å². The zero-order chi connectivity index (χ0) is 32.4. The molecule has 0 aliphatic rings. The molecular weight excluding hydrogens is 614 g/mol. The van der Waals surface area contributed by atoms with Gasteiger partial charge in [0.1, 0.15) is 0 Å². The van der Waals surface area contributed by atoms with Gasteiger partial charge in [0, 0.05) is 0 Å². The van der Waals surface area contributed by atoms with Crippen molar-refractivity contribution in [2.24, 2.45) is 0 Å². The molecule has 0 heterocycles. The summed E-state index contributed by atoms with van der Waals surface area (Å²) in [6.45, 7) is 0. The summed E-state index contributed by atoms with van der Waals surface area (Å²) in [7, 11) is -1.18. The highest BCUT2D eigenvalue weighted by Gasteiger charge is 2.17. The van der Waals surface area contributed by atoms with Crippen LogP contribution in [-0.2, 0) is 0 Å². The van der Waals surface area contributed by atoms with Gasteiger partial charge in [0.05, 0.1) is 0 Å². The molecule has 0 aromatic heterocycles. The highest BCUT2D eigenvalue weighted by Crippen LogP contribution is 2.34. The second-order valence-electron chi connectivity index (χ2n) is 11.5. The number of benzene rings is 7. The van der Waals surface area contributed by atoms with Crippen molar-refractivity contribution in [1.82, 2.24) is 0 Å². The van der Waals surface area contributed by atoms with Crippen molar-refractivity contribution in [2.45, 2.75) is 0 Å². The van der Waals surface area contributed by atoms with E-state index in [1.54, 1.807) is 0 Å². The normalized spacial score (nSPS) is 11.5. The second kappa shape index (κ2) is 15.6. The average molecular weight is 651 g/mol. The topological polar surface area (TPSA) is 0 Å². The summed E-state index contributed by atoms with van der Waals surface area (Å²) in [5, 5.41) is 8.20. The molecule has 0 nitrogen and oxygen atoms in total. The first kappa shape index (κ1) is 31.5. The van der Waals surface area contributed by atoms with Crippen molar-refractivity contribution in [3.63, 3.8) is 0 Å². The molecule has 0 amide bonds. The van der Waals surface area contributed by atoms with Gasteiger partial charge in [-0.15, -0.1) is 0 Å². The lowest BCUT2D eigenvalue weighted by atomic mass is 10.1. The predicted molar refractivity (Wildman–Crippen MR) is 215 cm³/mol. The maximum absolute atomic E-state index is 2.29. The first-order valence-corrected chi connectivity index (χ1v) is 19.0. The molecule has 0 bridgehead atoms. The summed E-state index contributed by atoms with van der Waals surface area (Å²) < 4.78 is 0. The van der Waals surface area contributed by atoms with E-state index in [4.69, 9.17) is 0 Å². The predicted octanol–water partition coefficient (Wildman–Crippen LogP) is 9.54. The van der Waals surface area contributed by atoms with E-state index < -0.39 is 15.8 Å². The molecule has 0 radical (unpaired) electrons. The van der Waals surface area contributed by atoms with E-state index in [2.05, 4.69) is 218 Å². The zero-order valence-electron chi connectivity index (χ0n) is 26.7. The lowest BCUT2D eigenvalue weighted by Gasteiger charge is -2.19. The van der Waals surface area contributed by atoms with Crippen molar-refractivity contribution >= 4 is 72.0 Å². The van der Waals surface area contributed by atoms with Crippen molar-refractivity contribution in [3.8, 4) is 0 Å². The smallest absolute Gasteiger partial charge is 0.0134 e. The number of hydrogen-bond acceptors (Lipinski definition) is 0. The number of rotatable bonds is 10. The summed E-state index contributed by atoms with van der Waals surface area (Å²) in [4.78, 5) is 0. The van der Waals surface area contributed by atoms with Crippen LogP contribution in [0.15, 0.2) is 194 Å². The third-order valence-electron chi connectivity index (χ3n) is 8.23. The van der Waals surface area contributed by atoms with Crippen LogP contribution in [0.3, 0.4) is 0 Å². The molecule has 0 saturated heterocycles. The summed E-state index contributed by atoms with van der Waals surface area (Å²) in [6, 6.07) is 70.3. The van der Waals surface area contributed by atoms with E-state index in [-0.39, 0.29) is 0 Å². The van der Waals surface area contributed by atoms with Crippen LogP contribution in [0, 0.1) is 0 Å². The van der Waals surface area contributed by atoms with Crippen LogP contribution >= 0.6 is 15.8 Å². The van der Waals surface area contributed by atoms with Crippen LogP contribution in [0.4, 0.5) is 0 Å². The van der Waals surface area contributed by atoms with Crippen molar-refractivity contribution in [1.29, 1.82) is 0 Å². The van der Waals surface area contributed by atoms with Gasteiger partial charge in [0.25, 0.3) is 0 Å². The Hall–Kier alpha value is -5.12. The molecule has 7 aromatic rings. The van der Waals surface area contributed by atoms with Gasteiger partial charge in [-0.1, -0.05) is 218 Å². The van der Waals surface area contributed by atoms with E-state index in [9.17, 15) is 0 Å². The average Bonchev–Trinajstić information content (AvgIpc) is 3.17. The molecule has 0 unspecified atom stereocenters. The van der Waals surface area contributed by atoms with Crippen LogP contribution in [0.2, 0.25) is 0 Å². The Balaban J connectivity index is 1.01. The molecule has 0 atom stereocenters. The minimum Gasteiger partial charge on any atom is -0.0622 e. The maximum Gasteiger partial charge on any atom is -0.0134 e. The molecule has 0 aliphatic heterocycles. The van der Waals surface area contributed by atoms with Crippen LogP contribution in [0.1, 0.15) is 22.3 Å². The van der Waals surface area contributed by atoms with Gasteiger partial charge in [0.15, 0.2) is 0 Å². The molecule has 48 heavy (non-hydrogen) atoms. The van der Waals surface area contributed by atoms with Gasteiger partial charge >= 0.3 is 0 Å². The van der Waals surface area contributed by atoms with E-state index in [0.29, 0.717) is 0 Å². The Labute approximate surface area is 287 Å². The fraction of sp³-hybridized carbons (Fsp3) is 0. The van der Waals surface area contributed by atoms with Gasteiger partial charge in [0.2, 0.25) is 0 Å². The summed E-state index contributed by atoms with van der Waals surface area (Å²) in [5.74, 6) is 0. The van der Waals surface area contributed by atoms with Crippen molar-refractivity contribution in [2.75, 3.05) is 0 Å². The zero-order valence-corrected chi connectivity index (χ0v) is 28.5. The molecule has 7 rings (SSSR count). The largest absolute Gasteiger partial charge is 0.0622 e. The van der Waals surface area contributed by atoms with E-state index in [1.165, 1.54) is 54.1 Å². The Morgan fingerprint density at radius 2 is 0.396 bits per heavy atom. The van der Waals surface area contributed by atoms with E-state index in [0.717, 1.165) is 0 Å². The lowest BCUT2D eigenvalue weighted by molar-refractivity contribution is 1.62. The van der Waals surface area contributed by atoms with Crippen molar-refractivity contribution < 1.29 is 0 Å². The molecule has 2 heteroatoms. The maximum atomic E-state index is 2.29. The van der Waals surface area contributed by atoms with E-state index in [1.807, 2.05) is 0 Å². The minimum atomic E-state index is -0.590. The van der Waals surface area contributed by atoms with Crippen LogP contribution in [0.5, 0.6) is 0 Å². The number of hydrogen-bond donors (Lipinski definition) is 0. The summed E-state index contributed by atoms with van der Waals surface area (Å²) in [6.07, 6.45) is 8.78. The lowest BCUT2D eigenvalue weighted by Crippen LogP contribution is -2.20.